The molecule has 9 heteroatoms. The van der Waals surface area contributed by atoms with E-state index in [2.05, 4.69) is 30.1 Å². The third-order valence-electron chi connectivity index (χ3n) is 6.58. The largest absolute Gasteiger partial charge is 0.372 e. The smallest absolute Gasteiger partial charge is 0.264 e. The first kappa shape index (κ1) is 28.4. The molecule has 0 spiro atoms. The molecule has 0 bridgehead atoms. The van der Waals surface area contributed by atoms with Gasteiger partial charge in [-0.1, -0.05) is 50.6 Å². The van der Waals surface area contributed by atoms with Gasteiger partial charge in [-0.15, -0.1) is 0 Å². The Morgan fingerprint density at radius 1 is 0.974 bits per heavy atom. The van der Waals surface area contributed by atoms with E-state index in [9.17, 15) is 13.2 Å². The molecule has 2 aromatic carbocycles. The topological polar surface area (TPSA) is 103 Å². The summed E-state index contributed by atoms with van der Waals surface area (Å²) in [6.45, 7) is 10.6. The molecule has 2 heterocycles. The van der Waals surface area contributed by atoms with Crippen LogP contribution in [0.3, 0.4) is 0 Å². The maximum atomic E-state index is 13.2. The van der Waals surface area contributed by atoms with E-state index < -0.39 is 15.9 Å². The van der Waals surface area contributed by atoms with Crippen LogP contribution >= 0.6 is 0 Å². The molecule has 8 nitrogen and oxygen atoms in total. The number of imidazole rings is 1. The second kappa shape index (κ2) is 12.1. The van der Waals surface area contributed by atoms with Crippen molar-refractivity contribution in [1.29, 1.82) is 0 Å². The first-order valence-electron chi connectivity index (χ1n) is 13.4. The van der Waals surface area contributed by atoms with Gasteiger partial charge in [0.15, 0.2) is 5.65 Å². The molecule has 4 aromatic rings. The fourth-order valence-electron chi connectivity index (χ4n) is 4.77. The predicted octanol–water partition coefficient (Wildman–Crippen LogP) is 5.12. The Hall–Kier alpha value is -3.56. The lowest BCUT2D eigenvalue weighted by atomic mass is 10.00. The summed E-state index contributed by atoms with van der Waals surface area (Å²) in [6.07, 6.45) is 2.54. The van der Waals surface area contributed by atoms with Gasteiger partial charge in [0.1, 0.15) is 17.9 Å². The first-order valence-corrected chi connectivity index (χ1v) is 14.8. The molecule has 0 unspecified atom stereocenters. The Morgan fingerprint density at radius 2 is 1.69 bits per heavy atom. The third-order valence-corrected chi connectivity index (χ3v) is 8.01. The molecule has 0 radical (unpaired) electrons. The number of aromatic nitrogens is 3. The molecule has 0 atom stereocenters. The van der Waals surface area contributed by atoms with Crippen molar-refractivity contribution in [1.82, 2.24) is 19.3 Å². The van der Waals surface area contributed by atoms with Gasteiger partial charge in [-0.3, -0.25) is 4.79 Å². The summed E-state index contributed by atoms with van der Waals surface area (Å²) < 4.78 is 35.7. The highest BCUT2D eigenvalue weighted by Gasteiger charge is 2.23. The van der Waals surface area contributed by atoms with Crippen molar-refractivity contribution in [3.05, 3.63) is 76.7 Å². The van der Waals surface area contributed by atoms with Crippen LogP contribution < -0.4 is 4.72 Å². The van der Waals surface area contributed by atoms with E-state index in [-0.39, 0.29) is 11.5 Å². The molecule has 0 aliphatic carbocycles. The van der Waals surface area contributed by atoms with Crippen LogP contribution in [0, 0.1) is 13.8 Å². The quantitative estimate of drug-likeness (QED) is 0.279. The SMILES string of the molecule is CCCc1ccc(S(=O)(=O)NC(=O)COCC)c(-c2ccc(Cn3c(CC)nc4c(C)cc(C)nc43)cc2)c1. The molecular weight excluding hydrogens is 512 g/mol. The second-order valence-electron chi connectivity index (χ2n) is 9.66. The molecule has 1 N–H and O–H groups in total. The predicted molar refractivity (Wildman–Crippen MR) is 153 cm³/mol. The van der Waals surface area contributed by atoms with Gasteiger partial charge in [-0.25, -0.2) is 23.1 Å². The van der Waals surface area contributed by atoms with E-state index in [0.29, 0.717) is 18.7 Å². The summed E-state index contributed by atoms with van der Waals surface area (Å²) in [7, 11) is -4.09. The van der Waals surface area contributed by atoms with Crippen LogP contribution in [-0.4, -0.2) is 42.1 Å². The average Bonchev–Trinajstić information content (AvgIpc) is 3.25. The van der Waals surface area contributed by atoms with Crippen molar-refractivity contribution in [2.45, 2.75) is 65.3 Å². The number of nitrogens with zero attached hydrogens (tertiary/aromatic N) is 3. The number of aryl methyl sites for hydroxylation is 4. The highest BCUT2D eigenvalue weighted by Crippen LogP contribution is 2.30. The summed E-state index contributed by atoms with van der Waals surface area (Å²) in [5.41, 5.74) is 7.24. The average molecular weight is 549 g/mol. The number of fused-ring (bicyclic) bond motifs is 1. The molecule has 2 aromatic heterocycles. The minimum atomic E-state index is -4.09. The van der Waals surface area contributed by atoms with Gasteiger partial charge >= 0.3 is 0 Å². The molecule has 0 aliphatic rings. The number of sulfonamides is 1. The Labute approximate surface area is 230 Å². The number of hydrogen-bond acceptors (Lipinski definition) is 6. The Kier molecular flexibility index (Phi) is 8.82. The zero-order valence-electron chi connectivity index (χ0n) is 23.2. The summed E-state index contributed by atoms with van der Waals surface area (Å²) in [4.78, 5) is 21.8. The van der Waals surface area contributed by atoms with Crippen molar-refractivity contribution >= 4 is 27.1 Å². The number of rotatable bonds is 11. The summed E-state index contributed by atoms with van der Waals surface area (Å²) in [6, 6.07) is 15.2. The van der Waals surface area contributed by atoms with Crippen LogP contribution in [0.15, 0.2) is 53.4 Å². The van der Waals surface area contributed by atoms with Crippen molar-refractivity contribution in [3.8, 4) is 11.1 Å². The van der Waals surface area contributed by atoms with E-state index in [0.717, 1.165) is 64.2 Å². The lowest BCUT2D eigenvalue weighted by molar-refractivity contribution is -0.123. The van der Waals surface area contributed by atoms with Gasteiger partial charge in [0.2, 0.25) is 0 Å². The molecule has 206 valence electrons. The number of carbonyl (C=O) groups excluding carboxylic acids is 1. The molecule has 4 rings (SSSR count). The second-order valence-corrected chi connectivity index (χ2v) is 11.3. The van der Waals surface area contributed by atoms with Crippen LogP contribution in [0.25, 0.3) is 22.3 Å². The number of hydrogen-bond donors (Lipinski definition) is 1. The third kappa shape index (κ3) is 6.37. The van der Waals surface area contributed by atoms with Crippen LogP contribution in [0.1, 0.15) is 55.4 Å². The summed E-state index contributed by atoms with van der Waals surface area (Å²) in [5.74, 6) is 0.271. The molecule has 0 saturated carbocycles. The maximum absolute atomic E-state index is 13.2. The number of pyridine rings is 1. The van der Waals surface area contributed by atoms with Crippen LogP contribution in [0.4, 0.5) is 0 Å². The molecule has 0 aliphatic heterocycles. The molecule has 39 heavy (non-hydrogen) atoms. The number of benzene rings is 2. The monoisotopic (exact) mass is 548 g/mol. The standard InChI is InChI=1S/C30H36N4O4S/c1-6-9-22-12-15-26(39(36,37)33-28(35)19-38-8-3)25(17-22)24-13-10-23(11-14-24)18-34-27(7-2)32-29-20(4)16-21(5)31-30(29)34/h10-17H,6-9,18-19H2,1-5H3,(H,33,35). The van der Waals surface area contributed by atoms with Crippen LogP contribution in [0.2, 0.25) is 0 Å². The zero-order valence-corrected chi connectivity index (χ0v) is 24.1. The minimum absolute atomic E-state index is 0.0592. The Balaban J connectivity index is 1.69. The van der Waals surface area contributed by atoms with E-state index in [1.165, 1.54) is 0 Å². The van der Waals surface area contributed by atoms with Gasteiger partial charge < -0.3 is 9.30 Å². The van der Waals surface area contributed by atoms with Gasteiger partial charge in [0.25, 0.3) is 15.9 Å². The molecule has 1 amide bonds. The van der Waals surface area contributed by atoms with Crippen molar-refractivity contribution in [3.63, 3.8) is 0 Å². The number of nitrogens with one attached hydrogen (secondary N) is 1. The Bertz CT molecular complexity index is 1590. The number of ether oxygens (including phenoxy) is 1. The first-order chi connectivity index (χ1) is 18.7. The van der Waals surface area contributed by atoms with E-state index in [1.807, 2.05) is 43.3 Å². The normalized spacial score (nSPS) is 11.7. The molecule has 0 saturated heterocycles. The van der Waals surface area contributed by atoms with Crippen molar-refractivity contribution < 1.29 is 17.9 Å². The molecular formula is C30H36N4O4S. The van der Waals surface area contributed by atoms with Crippen LogP contribution in [0.5, 0.6) is 0 Å². The van der Waals surface area contributed by atoms with Crippen molar-refractivity contribution in [2.24, 2.45) is 0 Å². The zero-order chi connectivity index (χ0) is 28.2. The van der Waals surface area contributed by atoms with Gasteiger partial charge in [0.05, 0.1) is 11.4 Å². The van der Waals surface area contributed by atoms with Crippen LogP contribution in [-0.2, 0) is 38.9 Å². The van der Waals surface area contributed by atoms with E-state index >= 15 is 0 Å². The fourth-order valence-corrected chi connectivity index (χ4v) is 5.95. The lowest BCUT2D eigenvalue weighted by Gasteiger charge is -2.14. The van der Waals surface area contributed by atoms with Gasteiger partial charge in [-0.05, 0) is 67.6 Å². The summed E-state index contributed by atoms with van der Waals surface area (Å²) >= 11 is 0. The lowest BCUT2D eigenvalue weighted by Crippen LogP contribution is -2.33. The van der Waals surface area contributed by atoms with Gasteiger partial charge in [0, 0.05) is 24.3 Å². The minimum Gasteiger partial charge on any atom is -0.372 e. The maximum Gasteiger partial charge on any atom is 0.264 e. The fraction of sp³-hybridized carbons (Fsp3) is 0.367. The molecule has 0 fully saturated rings. The van der Waals surface area contributed by atoms with Gasteiger partial charge in [-0.2, -0.15) is 0 Å². The number of amides is 1. The van der Waals surface area contributed by atoms with E-state index in [4.69, 9.17) is 14.7 Å². The highest BCUT2D eigenvalue weighted by atomic mass is 32.2. The summed E-state index contributed by atoms with van der Waals surface area (Å²) in [5, 5.41) is 0. The highest BCUT2D eigenvalue weighted by molar-refractivity contribution is 7.90. The Morgan fingerprint density at radius 3 is 2.36 bits per heavy atom. The number of carbonyl (C=O) groups is 1. The van der Waals surface area contributed by atoms with E-state index in [1.54, 1.807) is 19.1 Å². The van der Waals surface area contributed by atoms with Crippen molar-refractivity contribution in [2.75, 3.05) is 13.2 Å².